The zero-order valence-electron chi connectivity index (χ0n) is 19.6. The Kier molecular flexibility index (Phi) is 8.29. The number of ether oxygens (including phenoxy) is 1. The maximum atomic E-state index is 13.2. The summed E-state index contributed by atoms with van der Waals surface area (Å²) in [5, 5.41) is 6.44. The van der Waals surface area contributed by atoms with Crippen molar-refractivity contribution in [1.29, 1.82) is 0 Å². The maximum Gasteiger partial charge on any atom is 0.329 e. The Balaban J connectivity index is 1.95. The lowest BCUT2D eigenvalue weighted by atomic mass is 10.00. The number of carbonyl (C=O) groups excluding carboxylic acids is 3. The van der Waals surface area contributed by atoms with Crippen LogP contribution in [0.2, 0.25) is 0 Å². The average molecular weight is 473 g/mol. The lowest BCUT2D eigenvalue weighted by Gasteiger charge is -2.27. The molecule has 0 aromatic carbocycles. The van der Waals surface area contributed by atoms with Crippen LogP contribution in [0.15, 0.2) is 35.5 Å². The Bertz CT molecular complexity index is 962. The lowest BCUT2D eigenvalue weighted by Crippen LogP contribution is -2.53. The molecule has 1 aromatic rings. The summed E-state index contributed by atoms with van der Waals surface area (Å²) in [6, 6.07) is 2.87. The SMILES string of the molecule is CCC/C=C/[C@@H]1CC(=O)NCc2cc(ccn2)C2=N[C@@](C)(CS2)C(=O)N[C@@H](C(C)C)C(=O)O1. The Morgan fingerprint density at radius 3 is 2.85 bits per heavy atom. The summed E-state index contributed by atoms with van der Waals surface area (Å²) in [6.07, 6.45) is 6.34. The van der Waals surface area contributed by atoms with Crippen molar-refractivity contribution in [2.75, 3.05) is 5.75 Å². The summed E-state index contributed by atoms with van der Waals surface area (Å²) in [5.41, 5.74) is 0.537. The van der Waals surface area contributed by atoms with Gasteiger partial charge in [0.2, 0.25) is 11.8 Å². The predicted molar refractivity (Wildman–Crippen MR) is 129 cm³/mol. The Labute approximate surface area is 199 Å². The number of aromatic nitrogens is 1. The number of fused-ring (bicyclic) bond motifs is 4. The third kappa shape index (κ3) is 6.43. The number of nitrogens with zero attached hydrogens (tertiary/aromatic N) is 2. The summed E-state index contributed by atoms with van der Waals surface area (Å²) < 4.78 is 5.69. The first-order valence-corrected chi connectivity index (χ1v) is 12.3. The Morgan fingerprint density at radius 2 is 2.12 bits per heavy atom. The van der Waals surface area contributed by atoms with Gasteiger partial charge in [0.05, 0.1) is 23.7 Å². The Morgan fingerprint density at radius 1 is 1.33 bits per heavy atom. The maximum absolute atomic E-state index is 13.2. The fraction of sp³-hybridized carbons (Fsp3) is 0.542. The van der Waals surface area contributed by atoms with Crippen LogP contribution in [-0.4, -0.2) is 51.2 Å². The van der Waals surface area contributed by atoms with Crippen molar-refractivity contribution in [2.24, 2.45) is 10.9 Å². The van der Waals surface area contributed by atoms with E-state index in [2.05, 4.69) is 15.6 Å². The zero-order chi connectivity index (χ0) is 24.0. The van der Waals surface area contributed by atoms with Gasteiger partial charge in [-0.2, -0.15) is 0 Å². The molecule has 0 saturated heterocycles. The van der Waals surface area contributed by atoms with Crippen molar-refractivity contribution in [2.45, 2.75) is 71.2 Å². The topological polar surface area (TPSA) is 110 Å². The van der Waals surface area contributed by atoms with E-state index in [1.165, 1.54) is 11.8 Å². The average Bonchev–Trinajstić information content (AvgIpc) is 3.19. The van der Waals surface area contributed by atoms with Crippen LogP contribution in [0.25, 0.3) is 0 Å². The molecule has 0 unspecified atom stereocenters. The normalized spacial score (nSPS) is 26.7. The summed E-state index contributed by atoms with van der Waals surface area (Å²) >= 11 is 1.49. The van der Waals surface area contributed by atoms with Crippen LogP contribution in [0, 0.1) is 5.92 Å². The molecule has 3 heterocycles. The molecule has 178 valence electrons. The highest BCUT2D eigenvalue weighted by Gasteiger charge is 2.41. The van der Waals surface area contributed by atoms with E-state index in [1.54, 1.807) is 19.2 Å². The van der Waals surface area contributed by atoms with E-state index < -0.39 is 23.7 Å². The number of aliphatic imine (C=N–C) groups is 1. The standard InChI is InChI=1S/C24H32N4O4S/c1-5-6-7-8-18-12-19(29)26-13-17-11-16(9-10-25-17)21-28-24(4,14-33-21)23(31)27-20(15(2)3)22(30)32-18/h7-11,15,18,20H,5-6,12-14H2,1-4H3,(H,26,29)(H,27,31)/b8-7+/t18-,20+,24+/m1/s1. The largest absolute Gasteiger partial charge is 0.456 e. The quantitative estimate of drug-likeness (QED) is 0.515. The summed E-state index contributed by atoms with van der Waals surface area (Å²) in [5.74, 6) is -0.866. The molecule has 2 aliphatic heterocycles. The van der Waals surface area contributed by atoms with Crippen LogP contribution in [0.3, 0.4) is 0 Å². The molecular weight excluding hydrogens is 440 g/mol. The smallest absolute Gasteiger partial charge is 0.329 e. The fourth-order valence-electron chi connectivity index (χ4n) is 3.49. The number of nitrogens with one attached hydrogen (secondary N) is 2. The van der Waals surface area contributed by atoms with Crippen molar-refractivity contribution >= 4 is 34.6 Å². The molecule has 4 bridgehead atoms. The molecule has 0 spiro atoms. The van der Waals surface area contributed by atoms with Crippen molar-refractivity contribution in [3.05, 3.63) is 41.7 Å². The van der Waals surface area contributed by atoms with Crippen LogP contribution in [-0.2, 0) is 25.7 Å². The van der Waals surface area contributed by atoms with E-state index in [9.17, 15) is 14.4 Å². The van der Waals surface area contributed by atoms with E-state index >= 15 is 0 Å². The van der Waals surface area contributed by atoms with Crippen molar-refractivity contribution in [1.82, 2.24) is 15.6 Å². The minimum atomic E-state index is -0.997. The van der Waals surface area contributed by atoms with E-state index in [0.29, 0.717) is 11.4 Å². The predicted octanol–water partition coefficient (Wildman–Crippen LogP) is 2.76. The number of unbranched alkanes of at least 4 members (excludes halogenated alkanes) is 1. The third-order valence-corrected chi connectivity index (χ3v) is 6.83. The zero-order valence-corrected chi connectivity index (χ0v) is 20.4. The van der Waals surface area contributed by atoms with Gasteiger partial charge in [-0.3, -0.25) is 19.6 Å². The molecule has 8 nitrogen and oxygen atoms in total. The second kappa shape index (κ2) is 11.0. The molecule has 0 fully saturated rings. The molecule has 9 heteroatoms. The van der Waals surface area contributed by atoms with Gasteiger partial charge in [-0.25, -0.2) is 4.79 Å². The van der Waals surface area contributed by atoms with Crippen molar-refractivity contribution in [3.63, 3.8) is 0 Å². The number of rotatable bonds is 4. The molecule has 0 aliphatic carbocycles. The number of esters is 1. The first kappa shape index (κ1) is 25.0. The molecule has 0 saturated carbocycles. The number of thioether (sulfide) groups is 1. The van der Waals surface area contributed by atoms with Gasteiger partial charge >= 0.3 is 5.97 Å². The first-order chi connectivity index (χ1) is 15.7. The highest BCUT2D eigenvalue weighted by Crippen LogP contribution is 2.31. The first-order valence-electron chi connectivity index (χ1n) is 11.3. The van der Waals surface area contributed by atoms with E-state index in [1.807, 2.05) is 39.0 Å². The van der Waals surface area contributed by atoms with Gasteiger partial charge in [-0.05, 0) is 37.5 Å². The van der Waals surface area contributed by atoms with Gasteiger partial charge < -0.3 is 15.4 Å². The van der Waals surface area contributed by atoms with Crippen LogP contribution >= 0.6 is 11.8 Å². The van der Waals surface area contributed by atoms with Crippen LogP contribution in [0.4, 0.5) is 0 Å². The molecule has 1 aromatic heterocycles. The highest BCUT2D eigenvalue weighted by molar-refractivity contribution is 8.14. The number of pyridine rings is 1. The number of amides is 2. The Hall–Kier alpha value is -2.68. The molecule has 3 atom stereocenters. The van der Waals surface area contributed by atoms with Gasteiger partial charge in [0.25, 0.3) is 0 Å². The summed E-state index contributed by atoms with van der Waals surface area (Å²) in [7, 11) is 0. The van der Waals surface area contributed by atoms with Crippen LogP contribution in [0.5, 0.6) is 0 Å². The summed E-state index contributed by atoms with van der Waals surface area (Å²) in [6.45, 7) is 7.75. The van der Waals surface area contributed by atoms with Gasteiger partial charge in [-0.15, -0.1) is 11.8 Å². The minimum Gasteiger partial charge on any atom is -0.456 e. The van der Waals surface area contributed by atoms with Gasteiger partial charge in [0, 0.05) is 17.5 Å². The second-order valence-corrected chi connectivity index (χ2v) is 9.85. The minimum absolute atomic E-state index is 0.00924. The molecule has 2 amide bonds. The molecule has 2 aliphatic rings. The number of carbonyl (C=O) groups is 3. The lowest BCUT2D eigenvalue weighted by molar-refractivity contribution is -0.153. The van der Waals surface area contributed by atoms with Gasteiger partial charge in [0.15, 0.2) is 0 Å². The second-order valence-electron chi connectivity index (χ2n) is 8.88. The molecule has 3 rings (SSSR count). The fourth-order valence-corrected chi connectivity index (χ4v) is 4.67. The number of hydrogen-bond donors (Lipinski definition) is 2. The third-order valence-electron chi connectivity index (χ3n) is 5.52. The van der Waals surface area contributed by atoms with Crippen LogP contribution in [0.1, 0.15) is 58.2 Å². The summed E-state index contributed by atoms with van der Waals surface area (Å²) in [4.78, 5) is 47.8. The van der Waals surface area contributed by atoms with E-state index in [4.69, 9.17) is 9.73 Å². The van der Waals surface area contributed by atoms with Crippen molar-refractivity contribution < 1.29 is 19.1 Å². The number of hydrogen-bond acceptors (Lipinski definition) is 7. The molecule has 33 heavy (non-hydrogen) atoms. The van der Waals surface area contributed by atoms with Gasteiger partial charge in [-0.1, -0.05) is 33.3 Å². The molecule has 0 radical (unpaired) electrons. The number of allylic oxidation sites excluding steroid dienone is 1. The molecular formula is C24H32N4O4S. The van der Waals surface area contributed by atoms with Gasteiger partial charge in [0.1, 0.15) is 17.7 Å². The van der Waals surface area contributed by atoms with Crippen molar-refractivity contribution in [3.8, 4) is 0 Å². The highest BCUT2D eigenvalue weighted by atomic mass is 32.2. The van der Waals surface area contributed by atoms with E-state index in [-0.39, 0.29) is 30.7 Å². The molecule has 2 N–H and O–H groups in total. The van der Waals surface area contributed by atoms with Crippen LogP contribution < -0.4 is 10.6 Å². The van der Waals surface area contributed by atoms with E-state index in [0.717, 1.165) is 23.4 Å². The number of cyclic esters (lactones) is 1. The monoisotopic (exact) mass is 472 g/mol.